The van der Waals surface area contributed by atoms with Gasteiger partial charge in [-0.1, -0.05) is 24.3 Å². The first-order valence-corrected chi connectivity index (χ1v) is 7.84. The average Bonchev–Trinajstić information content (AvgIpc) is 2.92. The number of aromatic nitrogens is 1. The molecule has 3 rings (SSSR count). The number of nitrogens with zero attached hydrogens (tertiary/aromatic N) is 2. The lowest BCUT2D eigenvalue weighted by atomic mass is 10.1. The Hall–Kier alpha value is -2.58. The lowest BCUT2D eigenvalue weighted by Gasteiger charge is -2.07. The number of rotatable bonds is 3. The highest BCUT2D eigenvalue weighted by Crippen LogP contribution is 2.23. The summed E-state index contributed by atoms with van der Waals surface area (Å²) < 4.78 is 26.5. The molecule has 0 saturated carbocycles. The normalized spacial score (nSPS) is 11.4. The molecule has 0 amide bonds. The van der Waals surface area contributed by atoms with Crippen LogP contribution in [0.1, 0.15) is 5.56 Å². The number of fused-ring (bicyclic) bond motifs is 1. The summed E-state index contributed by atoms with van der Waals surface area (Å²) in [7, 11) is -3.60. The molecule has 0 aliphatic heterocycles. The standard InChI is InChI=1S/C16H12N2O2S/c17-10-8-13-6-7-16-14(12-13)9-11-18(16)21(19,20)15-4-2-1-3-5-15/h1-7,9,11-12H,8H2. The summed E-state index contributed by atoms with van der Waals surface area (Å²) in [6.45, 7) is 0. The summed E-state index contributed by atoms with van der Waals surface area (Å²) in [5, 5.41) is 9.53. The topological polar surface area (TPSA) is 62.9 Å². The van der Waals surface area contributed by atoms with Gasteiger partial charge < -0.3 is 0 Å². The Balaban J connectivity index is 2.16. The number of nitriles is 1. The smallest absolute Gasteiger partial charge is 0.241 e. The van der Waals surface area contributed by atoms with E-state index in [0.29, 0.717) is 11.9 Å². The van der Waals surface area contributed by atoms with Gasteiger partial charge in [0.15, 0.2) is 0 Å². The van der Waals surface area contributed by atoms with Crippen LogP contribution in [0.4, 0.5) is 0 Å². The van der Waals surface area contributed by atoms with Crippen molar-refractivity contribution in [2.75, 3.05) is 0 Å². The van der Waals surface area contributed by atoms with Gasteiger partial charge in [0.1, 0.15) is 0 Å². The van der Waals surface area contributed by atoms with Gasteiger partial charge >= 0.3 is 0 Å². The van der Waals surface area contributed by atoms with Crippen molar-refractivity contribution in [3.63, 3.8) is 0 Å². The first-order valence-electron chi connectivity index (χ1n) is 6.40. The van der Waals surface area contributed by atoms with Crippen molar-refractivity contribution in [2.45, 2.75) is 11.3 Å². The minimum absolute atomic E-state index is 0.253. The summed E-state index contributed by atoms with van der Waals surface area (Å²) in [5.74, 6) is 0. The fourth-order valence-electron chi connectivity index (χ4n) is 2.28. The summed E-state index contributed by atoms with van der Waals surface area (Å²) in [5.41, 5.74) is 1.49. The van der Waals surface area contributed by atoms with E-state index in [1.165, 1.54) is 3.97 Å². The predicted molar refractivity (Wildman–Crippen MR) is 80.3 cm³/mol. The molecule has 1 heterocycles. The van der Waals surface area contributed by atoms with Gasteiger partial charge in [-0.05, 0) is 35.9 Å². The van der Waals surface area contributed by atoms with Gasteiger partial charge in [0.25, 0.3) is 10.0 Å². The van der Waals surface area contributed by atoms with Gasteiger partial charge in [-0.25, -0.2) is 12.4 Å². The zero-order valence-corrected chi connectivity index (χ0v) is 11.9. The maximum atomic E-state index is 12.6. The van der Waals surface area contributed by atoms with Gasteiger partial charge in [0, 0.05) is 11.6 Å². The molecular weight excluding hydrogens is 284 g/mol. The predicted octanol–water partition coefficient (Wildman–Crippen LogP) is 2.94. The first-order chi connectivity index (χ1) is 10.1. The Morgan fingerprint density at radius 3 is 2.52 bits per heavy atom. The summed E-state index contributed by atoms with van der Waals surface area (Å²) in [4.78, 5) is 0.253. The third-order valence-electron chi connectivity index (χ3n) is 3.30. The molecular formula is C16H12N2O2S. The first kappa shape index (κ1) is 13.4. The van der Waals surface area contributed by atoms with Crippen molar-refractivity contribution in [3.8, 4) is 6.07 Å². The van der Waals surface area contributed by atoms with E-state index in [1.54, 1.807) is 54.7 Å². The number of hydrogen-bond donors (Lipinski definition) is 0. The Labute approximate surface area is 122 Å². The molecule has 0 saturated heterocycles. The van der Waals surface area contributed by atoms with Gasteiger partial charge in [0.2, 0.25) is 0 Å². The molecule has 0 bridgehead atoms. The second-order valence-electron chi connectivity index (χ2n) is 4.66. The third-order valence-corrected chi connectivity index (χ3v) is 5.01. The highest BCUT2D eigenvalue weighted by atomic mass is 32.2. The quantitative estimate of drug-likeness (QED) is 0.746. The molecule has 0 spiro atoms. The van der Waals surface area contributed by atoms with Crippen LogP contribution in [0.25, 0.3) is 10.9 Å². The highest BCUT2D eigenvalue weighted by Gasteiger charge is 2.18. The molecule has 21 heavy (non-hydrogen) atoms. The lowest BCUT2D eigenvalue weighted by Crippen LogP contribution is -2.11. The molecule has 3 aromatic rings. The van der Waals surface area contributed by atoms with Gasteiger partial charge in [-0.2, -0.15) is 5.26 Å². The van der Waals surface area contributed by atoms with Crippen LogP contribution in [0.3, 0.4) is 0 Å². The van der Waals surface area contributed by atoms with Gasteiger partial charge in [-0.15, -0.1) is 0 Å². The molecule has 1 aromatic heterocycles. The van der Waals surface area contributed by atoms with E-state index in [1.807, 2.05) is 6.07 Å². The monoisotopic (exact) mass is 296 g/mol. The summed E-state index contributed by atoms with van der Waals surface area (Å²) >= 11 is 0. The summed E-state index contributed by atoms with van der Waals surface area (Å²) in [6.07, 6.45) is 1.86. The SMILES string of the molecule is N#CCc1ccc2c(ccn2S(=O)(=O)c2ccccc2)c1. The fraction of sp³-hybridized carbons (Fsp3) is 0.0625. The van der Waals surface area contributed by atoms with Crippen LogP contribution < -0.4 is 0 Å². The Morgan fingerprint density at radius 1 is 1.05 bits per heavy atom. The minimum Gasteiger partial charge on any atom is -0.241 e. The molecule has 0 aliphatic rings. The van der Waals surface area contributed by atoms with Crippen LogP contribution in [0.5, 0.6) is 0 Å². The van der Waals surface area contributed by atoms with Crippen molar-refractivity contribution in [1.82, 2.24) is 3.97 Å². The van der Waals surface area contributed by atoms with E-state index >= 15 is 0 Å². The van der Waals surface area contributed by atoms with Gasteiger partial charge in [0.05, 0.1) is 22.9 Å². The van der Waals surface area contributed by atoms with E-state index in [9.17, 15) is 8.42 Å². The van der Waals surface area contributed by atoms with Crippen LogP contribution in [0.15, 0.2) is 65.7 Å². The second kappa shape index (κ2) is 5.08. The van der Waals surface area contributed by atoms with Crippen LogP contribution in [0.2, 0.25) is 0 Å². The minimum atomic E-state index is -3.60. The van der Waals surface area contributed by atoms with E-state index in [0.717, 1.165) is 10.9 Å². The largest absolute Gasteiger partial charge is 0.268 e. The molecule has 0 radical (unpaired) electrons. The molecule has 2 aromatic carbocycles. The molecule has 4 nitrogen and oxygen atoms in total. The molecule has 104 valence electrons. The number of hydrogen-bond acceptors (Lipinski definition) is 3. The van der Waals surface area contributed by atoms with Crippen molar-refractivity contribution < 1.29 is 8.42 Å². The third kappa shape index (κ3) is 2.30. The van der Waals surface area contributed by atoms with E-state index < -0.39 is 10.0 Å². The van der Waals surface area contributed by atoms with Crippen LogP contribution in [0, 0.1) is 11.3 Å². The Bertz CT molecular complexity index is 935. The maximum Gasteiger partial charge on any atom is 0.268 e. The zero-order chi connectivity index (χ0) is 14.9. The molecule has 0 aliphatic carbocycles. The highest BCUT2D eigenvalue weighted by molar-refractivity contribution is 7.90. The van der Waals surface area contributed by atoms with E-state index in [2.05, 4.69) is 6.07 Å². The lowest BCUT2D eigenvalue weighted by molar-refractivity contribution is 0.589. The molecule has 0 N–H and O–H groups in total. The van der Waals surface area contributed by atoms with Gasteiger partial charge in [-0.3, -0.25) is 0 Å². The Morgan fingerprint density at radius 2 is 1.81 bits per heavy atom. The van der Waals surface area contributed by atoms with E-state index in [4.69, 9.17) is 5.26 Å². The van der Waals surface area contributed by atoms with Crippen LogP contribution >= 0.6 is 0 Å². The number of benzene rings is 2. The van der Waals surface area contributed by atoms with Crippen LogP contribution in [-0.4, -0.2) is 12.4 Å². The van der Waals surface area contributed by atoms with Crippen molar-refractivity contribution in [2.24, 2.45) is 0 Å². The summed E-state index contributed by atoms with van der Waals surface area (Å²) in [6, 6.07) is 17.5. The average molecular weight is 296 g/mol. The molecule has 0 fully saturated rings. The van der Waals surface area contributed by atoms with Crippen molar-refractivity contribution >= 4 is 20.9 Å². The maximum absolute atomic E-state index is 12.6. The molecule has 5 heteroatoms. The van der Waals surface area contributed by atoms with Crippen molar-refractivity contribution in [3.05, 3.63) is 66.4 Å². The zero-order valence-electron chi connectivity index (χ0n) is 11.1. The molecule has 0 unspecified atom stereocenters. The molecule has 0 atom stereocenters. The van der Waals surface area contributed by atoms with Crippen molar-refractivity contribution in [1.29, 1.82) is 5.26 Å². The van der Waals surface area contributed by atoms with E-state index in [-0.39, 0.29) is 4.90 Å². The van der Waals surface area contributed by atoms with Crippen LogP contribution in [-0.2, 0) is 16.4 Å². The second-order valence-corrected chi connectivity index (χ2v) is 6.47. The Kier molecular flexibility index (Phi) is 3.24. The fourth-order valence-corrected chi connectivity index (χ4v) is 3.66.